The number of nitrogens with zero attached hydrogens (tertiary/aromatic N) is 1. The summed E-state index contributed by atoms with van der Waals surface area (Å²) in [7, 11) is 0. The average molecular weight is 654 g/mol. The summed E-state index contributed by atoms with van der Waals surface area (Å²) in [6.07, 6.45) is 8.80. The van der Waals surface area contributed by atoms with Crippen LogP contribution in [0.2, 0.25) is 0 Å². The summed E-state index contributed by atoms with van der Waals surface area (Å²) >= 11 is 0. The predicted molar refractivity (Wildman–Crippen MR) is 211 cm³/mol. The van der Waals surface area contributed by atoms with Crippen molar-refractivity contribution in [2.24, 2.45) is 0 Å². The number of ether oxygens (including phenoxy) is 1. The van der Waals surface area contributed by atoms with Crippen molar-refractivity contribution in [3.63, 3.8) is 0 Å². The van der Waals surface area contributed by atoms with E-state index in [1.165, 1.54) is 66.4 Å². The molecular weight excluding hydrogens is 619 g/mol. The van der Waals surface area contributed by atoms with Gasteiger partial charge in [0.05, 0.1) is 16.4 Å². The van der Waals surface area contributed by atoms with E-state index < -0.39 is 5.41 Å². The van der Waals surface area contributed by atoms with E-state index >= 15 is 0 Å². The summed E-state index contributed by atoms with van der Waals surface area (Å²) in [5.74, 6) is 1.64. The molecule has 10 rings (SSSR count). The molecule has 8 aromatic rings. The second-order valence-corrected chi connectivity index (χ2v) is 13.6. The largest absolute Gasteiger partial charge is 0.457 e. The highest BCUT2D eigenvalue weighted by molar-refractivity contribution is 6.11. The van der Waals surface area contributed by atoms with E-state index in [4.69, 9.17) is 4.74 Å². The molecule has 0 fully saturated rings. The van der Waals surface area contributed by atoms with Crippen molar-refractivity contribution in [2.75, 3.05) is 0 Å². The zero-order valence-corrected chi connectivity index (χ0v) is 28.2. The lowest BCUT2D eigenvalue weighted by Crippen LogP contribution is -2.28. The monoisotopic (exact) mass is 653 g/mol. The highest BCUT2D eigenvalue weighted by Crippen LogP contribution is 2.56. The van der Waals surface area contributed by atoms with Gasteiger partial charge in [0.1, 0.15) is 11.5 Å². The van der Waals surface area contributed by atoms with Gasteiger partial charge in [-0.1, -0.05) is 140 Å². The summed E-state index contributed by atoms with van der Waals surface area (Å²) in [6.45, 7) is 0. The van der Waals surface area contributed by atoms with Gasteiger partial charge in [-0.25, -0.2) is 0 Å². The third-order valence-electron chi connectivity index (χ3n) is 10.8. The van der Waals surface area contributed by atoms with Crippen LogP contribution in [-0.4, -0.2) is 4.57 Å². The van der Waals surface area contributed by atoms with Gasteiger partial charge in [-0.05, 0) is 106 Å². The van der Waals surface area contributed by atoms with Gasteiger partial charge in [-0.3, -0.25) is 0 Å². The number of aromatic nitrogens is 1. The SMILES string of the molecule is C1=CCCC(n2c3ccccc3c3cc(-c4ccc(Oc5ccc6c(c5)C(c5ccccc5)(c5ccccc5)c5ccccc5-6)cc4)ccc32)=C1. The quantitative estimate of drug-likeness (QED) is 0.174. The molecule has 0 aliphatic heterocycles. The van der Waals surface area contributed by atoms with Crippen molar-refractivity contribution in [3.05, 3.63) is 210 Å². The number of fused-ring (bicyclic) bond motifs is 6. The Morgan fingerprint density at radius 3 is 1.90 bits per heavy atom. The standard InChI is InChI=1S/C49H35NO/c1-4-14-36(15-5-1)49(37-16-6-2-7-17-37)45-22-12-10-20-41(45)42-30-29-40(33-46(42)49)51-39-27-24-34(25-28-39)35-26-31-48-44(32-35)43-21-11-13-23-47(43)50(48)38-18-8-3-9-19-38/h1-8,10-18,20-33H,9,19H2. The van der Waals surface area contributed by atoms with Crippen LogP contribution in [0.4, 0.5) is 0 Å². The van der Waals surface area contributed by atoms with Crippen molar-refractivity contribution in [1.29, 1.82) is 0 Å². The Morgan fingerprint density at radius 2 is 1.14 bits per heavy atom. The zero-order chi connectivity index (χ0) is 33.8. The van der Waals surface area contributed by atoms with Crippen LogP contribution in [0.1, 0.15) is 35.1 Å². The fourth-order valence-electron chi connectivity index (χ4n) is 8.58. The van der Waals surface area contributed by atoms with Gasteiger partial charge in [0.25, 0.3) is 0 Å². The summed E-state index contributed by atoms with van der Waals surface area (Å²) in [5, 5.41) is 2.56. The summed E-state index contributed by atoms with van der Waals surface area (Å²) in [4.78, 5) is 0. The molecule has 0 amide bonds. The lowest BCUT2D eigenvalue weighted by molar-refractivity contribution is 0.481. The second-order valence-electron chi connectivity index (χ2n) is 13.6. The highest BCUT2D eigenvalue weighted by Gasteiger charge is 2.46. The molecule has 7 aromatic carbocycles. The maximum absolute atomic E-state index is 6.64. The first-order chi connectivity index (χ1) is 25.3. The molecule has 0 radical (unpaired) electrons. The van der Waals surface area contributed by atoms with E-state index in [2.05, 4.69) is 193 Å². The molecule has 242 valence electrons. The highest BCUT2D eigenvalue weighted by atomic mass is 16.5. The second kappa shape index (κ2) is 11.9. The van der Waals surface area contributed by atoms with E-state index in [1.807, 2.05) is 0 Å². The molecule has 0 N–H and O–H groups in total. The van der Waals surface area contributed by atoms with Crippen LogP contribution >= 0.6 is 0 Å². The molecular formula is C49H35NO. The van der Waals surface area contributed by atoms with E-state index in [1.54, 1.807) is 0 Å². The third kappa shape index (κ3) is 4.64. The Morgan fingerprint density at radius 1 is 0.490 bits per heavy atom. The minimum absolute atomic E-state index is 0.455. The average Bonchev–Trinajstić information content (AvgIpc) is 3.69. The molecule has 2 aliphatic carbocycles. The number of hydrogen-bond acceptors (Lipinski definition) is 1. The maximum Gasteiger partial charge on any atom is 0.127 e. The van der Waals surface area contributed by atoms with Gasteiger partial charge in [-0.15, -0.1) is 0 Å². The molecule has 1 aromatic heterocycles. The van der Waals surface area contributed by atoms with Crippen LogP contribution in [-0.2, 0) is 5.41 Å². The first kappa shape index (κ1) is 29.5. The lowest BCUT2D eigenvalue weighted by Gasteiger charge is -2.34. The molecule has 0 bridgehead atoms. The van der Waals surface area contributed by atoms with Crippen LogP contribution in [0.15, 0.2) is 188 Å². The predicted octanol–water partition coefficient (Wildman–Crippen LogP) is 12.8. The van der Waals surface area contributed by atoms with Crippen molar-refractivity contribution in [2.45, 2.75) is 18.3 Å². The smallest absolute Gasteiger partial charge is 0.127 e. The first-order valence-corrected chi connectivity index (χ1v) is 17.8. The number of benzene rings is 7. The first-order valence-electron chi connectivity index (χ1n) is 17.8. The Hall–Kier alpha value is -6.38. The molecule has 2 nitrogen and oxygen atoms in total. The molecule has 0 unspecified atom stereocenters. The van der Waals surface area contributed by atoms with Gasteiger partial charge in [0.2, 0.25) is 0 Å². The Labute approximate surface area is 298 Å². The number of rotatable bonds is 6. The zero-order valence-electron chi connectivity index (χ0n) is 28.2. The van der Waals surface area contributed by atoms with Crippen molar-refractivity contribution >= 4 is 27.5 Å². The molecule has 51 heavy (non-hydrogen) atoms. The van der Waals surface area contributed by atoms with E-state index in [-0.39, 0.29) is 0 Å². The lowest BCUT2D eigenvalue weighted by atomic mass is 9.68. The number of para-hydroxylation sites is 1. The minimum Gasteiger partial charge on any atom is -0.457 e. The van der Waals surface area contributed by atoms with Crippen molar-refractivity contribution in [3.8, 4) is 33.8 Å². The maximum atomic E-state index is 6.64. The summed E-state index contributed by atoms with van der Waals surface area (Å²) < 4.78 is 9.08. The Kier molecular flexibility index (Phi) is 6.89. The molecule has 0 saturated carbocycles. The Balaban J connectivity index is 1.02. The van der Waals surface area contributed by atoms with Crippen LogP contribution < -0.4 is 4.74 Å². The topological polar surface area (TPSA) is 14.2 Å². The van der Waals surface area contributed by atoms with Crippen molar-refractivity contribution in [1.82, 2.24) is 4.57 Å². The third-order valence-corrected chi connectivity index (χ3v) is 10.8. The van der Waals surface area contributed by atoms with E-state index in [0.717, 1.165) is 29.9 Å². The van der Waals surface area contributed by atoms with Crippen LogP contribution in [0.25, 0.3) is 49.8 Å². The fraction of sp³-hybridized carbons (Fsp3) is 0.0612. The van der Waals surface area contributed by atoms with Gasteiger partial charge < -0.3 is 9.30 Å². The molecule has 2 heteroatoms. The number of allylic oxidation sites excluding steroid dienone is 4. The van der Waals surface area contributed by atoms with Gasteiger partial charge >= 0.3 is 0 Å². The molecule has 0 atom stereocenters. The molecule has 2 aliphatic rings. The molecule has 0 spiro atoms. The summed E-state index contributed by atoms with van der Waals surface area (Å²) in [5.41, 5.74) is 13.3. The van der Waals surface area contributed by atoms with Crippen LogP contribution in [0.3, 0.4) is 0 Å². The van der Waals surface area contributed by atoms with E-state index in [9.17, 15) is 0 Å². The fourth-order valence-corrected chi connectivity index (χ4v) is 8.58. The number of hydrogen-bond donors (Lipinski definition) is 0. The van der Waals surface area contributed by atoms with Crippen LogP contribution in [0.5, 0.6) is 11.5 Å². The van der Waals surface area contributed by atoms with E-state index in [0.29, 0.717) is 0 Å². The van der Waals surface area contributed by atoms with Gasteiger partial charge in [0.15, 0.2) is 0 Å². The summed E-state index contributed by atoms with van der Waals surface area (Å²) in [6, 6.07) is 61.4. The van der Waals surface area contributed by atoms with Gasteiger partial charge in [-0.2, -0.15) is 0 Å². The van der Waals surface area contributed by atoms with Crippen LogP contribution in [0, 0.1) is 0 Å². The van der Waals surface area contributed by atoms with Crippen molar-refractivity contribution < 1.29 is 4.74 Å². The normalized spacial score (nSPS) is 14.3. The Bertz CT molecular complexity index is 2600. The van der Waals surface area contributed by atoms with Gasteiger partial charge in [0, 0.05) is 16.5 Å². The minimum atomic E-state index is -0.455. The molecule has 1 heterocycles. The molecule has 0 saturated heterocycles.